The number of nitrogens with zero attached hydrogens (tertiary/aromatic N) is 1. The van der Waals surface area contributed by atoms with Crippen LogP contribution >= 0.6 is 0 Å². The second-order valence-corrected chi connectivity index (χ2v) is 3.44. The van der Waals surface area contributed by atoms with Crippen molar-refractivity contribution < 1.29 is 0 Å². The highest BCUT2D eigenvalue weighted by atomic mass is 14.6. The third-order valence-corrected chi connectivity index (χ3v) is 2.02. The number of hydrogen-bond acceptors (Lipinski definition) is 1. The maximum atomic E-state index is 4.25. The fourth-order valence-corrected chi connectivity index (χ4v) is 1.33. The number of allylic oxidation sites excluding steroid dienone is 1. The second-order valence-electron chi connectivity index (χ2n) is 3.44. The minimum atomic E-state index is 0.876. The normalized spacial score (nSPS) is 9.40. The molecule has 1 nitrogen and oxygen atoms in total. The Labute approximate surface area is 89.5 Å². The first-order valence-corrected chi connectivity index (χ1v) is 4.78. The molecule has 0 spiro atoms. The Morgan fingerprint density at radius 2 is 2.20 bits per heavy atom. The minimum absolute atomic E-state index is 0.876. The lowest BCUT2D eigenvalue weighted by molar-refractivity contribution is 1.41. The Bertz CT molecular complexity index is 570. The van der Waals surface area contributed by atoms with E-state index in [1.54, 1.807) is 6.20 Å². The molecular formula is C14H11N. The molecule has 2 aromatic rings. The molecule has 0 saturated carbocycles. The Morgan fingerprint density at radius 1 is 1.33 bits per heavy atom. The Balaban J connectivity index is 2.49. The maximum absolute atomic E-state index is 4.25. The van der Waals surface area contributed by atoms with Crippen molar-refractivity contribution in [1.82, 2.24) is 4.98 Å². The summed E-state index contributed by atoms with van der Waals surface area (Å²) in [4.78, 5) is 4.25. The van der Waals surface area contributed by atoms with Crippen molar-refractivity contribution in [3.8, 4) is 11.8 Å². The van der Waals surface area contributed by atoms with Crippen LogP contribution in [0.25, 0.3) is 10.9 Å². The summed E-state index contributed by atoms with van der Waals surface area (Å²) in [6, 6.07) is 9.97. The predicted molar refractivity (Wildman–Crippen MR) is 63.4 cm³/mol. The van der Waals surface area contributed by atoms with E-state index in [0.717, 1.165) is 22.0 Å². The van der Waals surface area contributed by atoms with Gasteiger partial charge in [-0.25, -0.2) is 0 Å². The largest absolute Gasteiger partial charge is 0.256 e. The summed E-state index contributed by atoms with van der Waals surface area (Å²) < 4.78 is 0. The van der Waals surface area contributed by atoms with Gasteiger partial charge in [0.2, 0.25) is 0 Å². The summed E-state index contributed by atoms with van der Waals surface area (Å²) in [7, 11) is 0. The molecule has 0 N–H and O–H groups in total. The van der Waals surface area contributed by atoms with E-state index in [9.17, 15) is 0 Å². The van der Waals surface area contributed by atoms with Crippen LogP contribution in [-0.2, 0) is 0 Å². The average Bonchev–Trinajstić information content (AvgIpc) is 2.26. The number of aromatic nitrogens is 1. The van der Waals surface area contributed by atoms with Crippen LogP contribution in [0.5, 0.6) is 0 Å². The third-order valence-electron chi connectivity index (χ3n) is 2.02. The molecule has 1 heteroatoms. The highest BCUT2D eigenvalue weighted by molar-refractivity contribution is 5.79. The van der Waals surface area contributed by atoms with Crippen LogP contribution in [0.3, 0.4) is 0 Å². The number of fused-ring (bicyclic) bond motifs is 1. The van der Waals surface area contributed by atoms with Crippen molar-refractivity contribution in [3.63, 3.8) is 0 Å². The van der Waals surface area contributed by atoms with E-state index in [1.807, 2.05) is 37.3 Å². The van der Waals surface area contributed by atoms with Gasteiger partial charge >= 0.3 is 0 Å². The van der Waals surface area contributed by atoms with Gasteiger partial charge < -0.3 is 0 Å². The molecule has 0 aliphatic carbocycles. The average molecular weight is 193 g/mol. The number of benzene rings is 1. The summed E-state index contributed by atoms with van der Waals surface area (Å²) in [5, 5.41) is 1.12. The molecule has 1 heterocycles. The third kappa shape index (κ3) is 2.24. The Morgan fingerprint density at radius 3 is 3.00 bits per heavy atom. The molecule has 0 unspecified atom stereocenters. The van der Waals surface area contributed by atoms with Crippen LogP contribution in [0, 0.1) is 11.8 Å². The lowest BCUT2D eigenvalue weighted by Gasteiger charge is -1.96. The van der Waals surface area contributed by atoms with Gasteiger partial charge in [-0.2, -0.15) is 0 Å². The first-order valence-electron chi connectivity index (χ1n) is 4.78. The molecule has 1 aromatic carbocycles. The molecule has 0 amide bonds. The van der Waals surface area contributed by atoms with Crippen molar-refractivity contribution >= 4 is 10.9 Å². The van der Waals surface area contributed by atoms with Gasteiger partial charge in [-0.1, -0.05) is 24.5 Å². The van der Waals surface area contributed by atoms with Gasteiger partial charge in [-0.15, -0.1) is 0 Å². The van der Waals surface area contributed by atoms with E-state index < -0.39 is 0 Å². The molecule has 0 aliphatic rings. The quantitative estimate of drug-likeness (QED) is 0.586. The number of hydrogen-bond donors (Lipinski definition) is 0. The van der Waals surface area contributed by atoms with Crippen molar-refractivity contribution in [3.05, 3.63) is 54.2 Å². The molecule has 72 valence electrons. The molecule has 1 aromatic heterocycles. The molecular weight excluding hydrogens is 182 g/mol. The van der Waals surface area contributed by atoms with Gasteiger partial charge in [0.1, 0.15) is 0 Å². The van der Waals surface area contributed by atoms with Crippen LogP contribution in [0.1, 0.15) is 12.5 Å². The van der Waals surface area contributed by atoms with Crippen molar-refractivity contribution in [1.29, 1.82) is 0 Å². The molecule has 0 aliphatic heterocycles. The molecule has 0 fully saturated rings. The minimum Gasteiger partial charge on any atom is -0.256 e. The topological polar surface area (TPSA) is 12.9 Å². The SMILES string of the molecule is C=C(C)C#Cc1ccc2ncccc2c1. The van der Waals surface area contributed by atoms with E-state index in [-0.39, 0.29) is 0 Å². The van der Waals surface area contributed by atoms with Crippen molar-refractivity contribution in [2.45, 2.75) is 6.92 Å². The number of rotatable bonds is 0. The Kier molecular flexibility index (Phi) is 2.51. The second kappa shape index (κ2) is 3.98. The van der Waals surface area contributed by atoms with Gasteiger partial charge in [0, 0.05) is 17.1 Å². The summed E-state index contributed by atoms with van der Waals surface area (Å²) in [6.45, 7) is 5.64. The van der Waals surface area contributed by atoms with E-state index in [0.29, 0.717) is 0 Å². The lowest BCUT2D eigenvalue weighted by Crippen LogP contribution is -1.79. The van der Waals surface area contributed by atoms with Crippen LogP contribution in [0.2, 0.25) is 0 Å². The van der Waals surface area contributed by atoms with Gasteiger partial charge in [-0.3, -0.25) is 4.98 Å². The van der Waals surface area contributed by atoms with Gasteiger partial charge in [0.15, 0.2) is 0 Å². The fourth-order valence-electron chi connectivity index (χ4n) is 1.33. The van der Waals surface area contributed by atoms with Crippen LogP contribution in [0.15, 0.2) is 48.7 Å². The van der Waals surface area contributed by atoms with E-state index in [2.05, 4.69) is 23.4 Å². The number of pyridine rings is 1. The summed E-state index contributed by atoms with van der Waals surface area (Å²) in [5.41, 5.74) is 2.87. The summed E-state index contributed by atoms with van der Waals surface area (Å²) in [6.07, 6.45) is 1.79. The zero-order chi connectivity index (χ0) is 10.7. The molecule has 0 radical (unpaired) electrons. The van der Waals surface area contributed by atoms with Crippen molar-refractivity contribution in [2.75, 3.05) is 0 Å². The zero-order valence-corrected chi connectivity index (χ0v) is 8.62. The maximum Gasteiger partial charge on any atom is 0.0702 e. The van der Waals surface area contributed by atoms with Gasteiger partial charge in [-0.05, 0) is 36.8 Å². The van der Waals surface area contributed by atoms with Crippen LogP contribution in [0.4, 0.5) is 0 Å². The molecule has 0 atom stereocenters. The molecule has 2 rings (SSSR count). The Hall–Kier alpha value is -2.07. The summed E-state index contributed by atoms with van der Waals surface area (Å²) in [5.74, 6) is 6.02. The van der Waals surface area contributed by atoms with Crippen molar-refractivity contribution in [2.24, 2.45) is 0 Å². The first-order chi connectivity index (χ1) is 7.25. The molecule has 15 heavy (non-hydrogen) atoms. The highest BCUT2D eigenvalue weighted by Crippen LogP contribution is 2.12. The zero-order valence-electron chi connectivity index (χ0n) is 8.62. The highest BCUT2D eigenvalue weighted by Gasteiger charge is 1.93. The van der Waals surface area contributed by atoms with Crippen LogP contribution in [-0.4, -0.2) is 4.98 Å². The van der Waals surface area contributed by atoms with Crippen LogP contribution < -0.4 is 0 Å². The van der Waals surface area contributed by atoms with Gasteiger partial charge in [0.05, 0.1) is 5.52 Å². The van der Waals surface area contributed by atoms with E-state index >= 15 is 0 Å². The summed E-state index contributed by atoms with van der Waals surface area (Å²) >= 11 is 0. The van der Waals surface area contributed by atoms with Gasteiger partial charge in [0.25, 0.3) is 0 Å². The smallest absolute Gasteiger partial charge is 0.0702 e. The standard InChI is InChI=1S/C14H11N/c1-11(2)5-6-12-7-8-14-13(10-12)4-3-9-15-14/h3-4,7-10H,1H2,2H3. The first kappa shape index (κ1) is 9.48. The van der Waals surface area contributed by atoms with E-state index in [4.69, 9.17) is 0 Å². The molecule has 0 saturated heterocycles. The predicted octanol–water partition coefficient (Wildman–Crippen LogP) is 3.16. The van der Waals surface area contributed by atoms with E-state index in [1.165, 1.54) is 0 Å². The molecule has 0 bridgehead atoms. The lowest BCUT2D eigenvalue weighted by atomic mass is 10.1. The fraction of sp³-hybridized carbons (Fsp3) is 0.0714. The monoisotopic (exact) mass is 193 g/mol.